The van der Waals surface area contributed by atoms with Gasteiger partial charge in [-0.15, -0.1) is 0 Å². The van der Waals surface area contributed by atoms with Gasteiger partial charge in [0, 0.05) is 31.0 Å². The monoisotopic (exact) mass is 280 g/mol. The second kappa shape index (κ2) is 5.93. The summed E-state index contributed by atoms with van der Waals surface area (Å²) in [7, 11) is 3.64. The summed E-state index contributed by atoms with van der Waals surface area (Å²) in [4.78, 5) is 13.8. The molecular formula is C15H21ClN2O. The van der Waals surface area contributed by atoms with Gasteiger partial charge < -0.3 is 10.2 Å². The first kappa shape index (κ1) is 14.4. The third kappa shape index (κ3) is 3.28. The fourth-order valence-electron chi connectivity index (χ4n) is 2.72. The van der Waals surface area contributed by atoms with E-state index in [1.165, 1.54) is 5.56 Å². The van der Waals surface area contributed by atoms with E-state index in [4.69, 9.17) is 11.6 Å². The molecular weight excluding hydrogens is 260 g/mol. The minimum atomic E-state index is -0.0445. The number of carbonyl (C=O) groups is 1. The van der Waals surface area contributed by atoms with Gasteiger partial charge in [-0.25, -0.2) is 0 Å². The van der Waals surface area contributed by atoms with Gasteiger partial charge in [-0.3, -0.25) is 4.79 Å². The molecule has 0 spiro atoms. The lowest BCUT2D eigenvalue weighted by Crippen LogP contribution is -2.43. The van der Waals surface area contributed by atoms with Gasteiger partial charge in [0.05, 0.1) is 0 Å². The van der Waals surface area contributed by atoms with E-state index < -0.39 is 0 Å². The molecule has 1 amide bonds. The first-order chi connectivity index (χ1) is 9.03. The number of amides is 1. The van der Waals surface area contributed by atoms with Crippen molar-refractivity contribution in [2.45, 2.75) is 24.7 Å². The van der Waals surface area contributed by atoms with Gasteiger partial charge in [0.15, 0.2) is 0 Å². The van der Waals surface area contributed by atoms with E-state index in [1.54, 1.807) is 4.90 Å². The summed E-state index contributed by atoms with van der Waals surface area (Å²) in [6, 6.07) is 7.97. The van der Waals surface area contributed by atoms with Gasteiger partial charge >= 0.3 is 0 Å². The molecule has 1 aromatic rings. The van der Waals surface area contributed by atoms with Gasteiger partial charge in [0.1, 0.15) is 0 Å². The van der Waals surface area contributed by atoms with Crippen molar-refractivity contribution in [1.82, 2.24) is 10.2 Å². The Kier molecular flexibility index (Phi) is 4.48. The number of benzene rings is 1. The highest BCUT2D eigenvalue weighted by atomic mass is 35.5. The number of hydrogen-bond donors (Lipinski definition) is 1. The molecule has 0 aromatic heterocycles. The zero-order valence-corrected chi connectivity index (χ0v) is 12.3. The summed E-state index contributed by atoms with van der Waals surface area (Å²) in [5.74, 6) is 0.192. The Morgan fingerprint density at radius 3 is 2.37 bits per heavy atom. The third-order valence-electron chi connectivity index (χ3n) is 4.01. The van der Waals surface area contributed by atoms with Crippen LogP contribution in [0.4, 0.5) is 0 Å². The summed E-state index contributed by atoms with van der Waals surface area (Å²) >= 11 is 5.96. The second-order valence-electron chi connectivity index (χ2n) is 5.50. The largest absolute Gasteiger partial charge is 0.349 e. The summed E-state index contributed by atoms with van der Waals surface area (Å²) in [6.45, 7) is 1.92. The molecule has 1 saturated heterocycles. The van der Waals surface area contributed by atoms with E-state index in [2.05, 4.69) is 17.4 Å². The normalized spacial score (nSPS) is 18.1. The summed E-state index contributed by atoms with van der Waals surface area (Å²) in [6.07, 6.45) is 2.56. The maximum atomic E-state index is 12.1. The first-order valence-corrected chi connectivity index (χ1v) is 7.08. The van der Waals surface area contributed by atoms with Gasteiger partial charge in [-0.1, -0.05) is 23.7 Å². The van der Waals surface area contributed by atoms with Gasteiger partial charge in [-0.05, 0) is 43.6 Å². The predicted octanol–water partition coefficient (Wildman–Crippen LogP) is 2.44. The van der Waals surface area contributed by atoms with E-state index in [0.717, 1.165) is 31.0 Å². The lowest BCUT2D eigenvalue weighted by Gasteiger charge is -2.38. The molecule has 1 aliphatic heterocycles. The molecule has 2 rings (SSSR count). The highest BCUT2D eigenvalue weighted by molar-refractivity contribution is 6.30. The molecule has 104 valence electrons. The topological polar surface area (TPSA) is 32.3 Å². The van der Waals surface area contributed by atoms with Crippen LogP contribution in [0.25, 0.3) is 0 Å². The molecule has 0 atom stereocenters. The molecule has 0 radical (unpaired) electrons. The number of nitrogens with zero attached hydrogens (tertiary/aromatic N) is 1. The molecule has 3 nitrogen and oxygen atoms in total. The van der Waals surface area contributed by atoms with E-state index in [-0.39, 0.29) is 11.3 Å². The molecule has 1 N–H and O–H groups in total. The molecule has 0 unspecified atom stereocenters. The van der Waals surface area contributed by atoms with Crippen LogP contribution in [0.1, 0.15) is 24.8 Å². The smallest absolute Gasteiger partial charge is 0.222 e. The number of carbonyl (C=O) groups excluding carboxylic acids is 1. The van der Waals surface area contributed by atoms with Crippen LogP contribution in [0.2, 0.25) is 5.02 Å². The average molecular weight is 281 g/mol. The average Bonchev–Trinajstić information content (AvgIpc) is 2.40. The van der Waals surface area contributed by atoms with Crippen molar-refractivity contribution >= 4 is 17.5 Å². The predicted molar refractivity (Wildman–Crippen MR) is 78.5 cm³/mol. The minimum absolute atomic E-state index is 0.0445. The standard InChI is InChI=1S/C15H21ClN2O/c1-18(2)14(19)11-15(7-9-17-10-8-15)12-3-5-13(16)6-4-12/h3-6,17H,7-11H2,1-2H3. The Hall–Kier alpha value is -1.06. The first-order valence-electron chi connectivity index (χ1n) is 6.70. The third-order valence-corrected chi connectivity index (χ3v) is 4.26. The molecule has 4 heteroatoms. The van der Waals surface area contributed by atoms with Gasteiger partial charge in [-0.2, -0.15) is 0 Å². The Bertz CT molecular complexity index is 436. The lowest BCUT2D eigenvalue weighted by molar-refractivity contribution is -0.130. The maximum Gasteiger partial charge on any atom is 0.222 e. The van der Waals surface area contributed by atoms with Crippen LogP contribution in [0.5, 0.6) is 0 Å². The van der Waals surface area contributed by atoms with Gasteiger partial charge in [0.25, 0.3) is 0 Å². The number of piperidine rings is 1. The lowest BCUT2D eigenvalue weighted by atomic mass is 9.70. The van der Waals surface area contributed by atoms with Crippen molar-refractivity contribution in [3.05, 3.63) is 34.9 Å². The van der Waals surface area contributed by atoms with Crippen LogP contribution in [0, 0.1) is 0 Å². The van der Waals surface area contributed by atoms with E-state index in [9.17, 15) is 4.79 Å². The number of nitrogens with one attached hydrogen (secondary N) is 1. The molecule has 1 aromatic carbocycles. The summed E-state index contributed by atoms with van der Waals surface area (Å²) < 4.78 is 0. The van der Waals surface area contributed by atoms with Gasteiger partial charge in [0.2, 0.25) is 5.91 Å². The van der Waals surface area contributed by atoms with Crippen molar-refractivity contribution in [3.63, 3.8) is 0 Å². The summed E-state index contributed by atoms with van der Waals surface area (Å²) in [5.41, 5.74) is 1.19. The fraction of sp³-hybridized carbons (Fsp3) is 0.533. The summed E-state index contributed by atoms with van der Waals surface area (Å²) in [5, 5.41) is 4.11. The zero-order valence-electron chi connectivity index (χ0n) is 11.6. The minimum Gasteiger partial charge on any atom is -0.349 e. The quantitative estimate of drug-likeness (QED) is 0.922. The molecule has 19 heavy (non-hydrogen) atoms. The number of halogens is 1. The van der Waals surface area contributed by atoms with Crippen LogP contribution >= 0.6 is 11.6 Å². The number of hydrogen-bond acceptors (Lipinski definition) is 2. The van der Waals surface area contributed by atoms with Crippen molar-refractivity contribution in [3.8, 4) is 0 Å². The molecule has 1 heterocycles. The maximum absolute atomic E-state index is 12.1. The Morgan fingerprint density at radius 1 is 1.26 bits per heavy atom. The van der Waals surface area contributed by atoms with E-state index in [1.807, 2.05) is 26.2 Å². The molecule has 0 bridgehead atoms. The van der Waals surface area contributed by atoms with Crippen LogP contribution < -0.4 is 5.32 Å². The molecule has 0 saturated carbocycles. The molecule has 1 fully saturated rings. The molecule has 0 aliphatic carbocycles. The van der Waals surface area contributed by atoms with Crippen molar-refractivity contribution in [1.29, 1.82) is 0 Å². The Balaban J connectivity index is 2.28. The van der Waals surface area contributed by atoms with Crippen molar-refractivity contribution in [2.24, 2.45) is 0 Å². The van der Waals surface area contributed by atoms with Crippen LogP contribution in [-0.4, -0.2) is 38.0 Å². The molecule has 1 aliphatic rings. The zero-order chi connectivity index (χ0) is 13.9. The highest BCUT2D eigenvalue weighted by Crippen LogP contribution is 2.37. The fourth-order valence-corrected chi connectivity index (χ4v) is 2.85. The van der Waals surface area contributed by atoms with Crippen molar-refractivity contribution in [2.75, 3.05) is 27.2 Å². The Morgan fingerprint density at radius 2 is 1.84 bits per heavy atom. The van der Waals surface area contributed by atoms with Crippen molar-refractivity contribution < 1.29 is 4.79 Å². The SMILES string of the molecule is CN(C)C(=O)CC1(c2ccc(Cl)cc2)CCNCC1. The number of rotatable bonds is 3. The van der Waals surface area contributed by atoms with Crippen LogP contribution in [0.15, 0.2) is 24.3 Å². The Labute approximate surface area is 119 Å². The van der Waals surface area contributed by atoms with Crippen LogP contribution in [0.3, 0.4) is 0 Å². The highest BCUT2D eigenvalue weighted by Gasteiger charge is 2.36. The van der Waals surface area contributed by atoms with E-state index in [0.29, 0.717) is 6.42 Å². The van der Waals surface area contributed by atoms with Crippen LogP contribution in [-0.2, 0) is 10.2 Å². The van der Waals surface area contributed by atoms with E-state index >= 15 is 0 Å². The second-order valence-corrected chi connectivity index (χ2v) is 5.94.